The molecule has 3 aromatic rings. The number of imidazole rings is 1. The van der Waals surface area contributed by atoms with Crippen molar-refractivity contribution >= 4 is 22.2 Å². The van der Waals surface area contributed by atoms with E-state index in [2.05, 4.69) is 19.7 Å². The molecule has 9 heteroatoms. The Balaban J connectivity index is 1.85. The van der Waals surface area contributed by atoms with E-state index in [4.69, 9.17) is 0 Å². The maximum Gasteiger partial charge on any atom is 0.387 e. The van der Waals surface area contributed by atoms with Crippen LogP contribution in [-0.4, -0.2) is 31.2 Å². The van der Waals surface area contributed by atoms with Gasteiger partial charge in [-0.3, -0.25) is 9.97 Å². The molecule has 0 aliphatic rings. The molecule has 2 aromatic heterocycles. The summed E-state index contributed by atoms with van der Waals surface area (Å²) in [7, 11) is 0. The third kappa shape index (κ3) is 3.89. The highest BCUT2D eigenvalue weighted by atomic mass is 32.2. The number of ether oxygens (including phenoxy) is 1. The molecule has 132 valence electrons. The van der Waals surface area contributed by atoms with Crippen LogP contribution in [0.2, 0.25) is 0 Å². The minimum Gasteiger partial charge on any atom is -0.609 e. The summed E-state index contributed by atoms with van der Waals surface area (Å²) >= 11 is -1.53. The van der Waals surface area contributed by atoms with Gasteiger partial charge in [-0.1, -0.05) is 0 Å². The summed E-state index contributed by atoms with van der Waals surface area (Å²) in [6.07, 6.45) is 1.59. The maximum atomic E-state index is 12.6. The molecule has 1 aromatic carbocycles. The number of rotatable bonds is 6. The van der Waals surface area contributed by atoms with Gasteiger partial charge in [0.05, 0.1) is 23.3 Å². The summed E-state index contributed by atoms with van der Waals surface area (Å²) in [5.41, 5.74) is 2.97. The molecule has 0 amide bonds. The molecule has 0 spiro atoms. The lowest BCUT2D eigenvalue weighted by atomic mass is 10.1. The van der Waals surface area contributed by atoms with Gasteiger partial charge in [0.1, 0.15) is 5.75 Å². The van der Waals surface area contributed by atoms with Crippen molar-refractivity contribution in [3.8, 4) is 5.75 Å². The van der Waals surface area contributed by atoms with Gasteiger partial charge in [-0.2, -0.15) is 13.8 Å². The molecule has 1 atom stereocenters. The molecule has 0 radical (unpaired) electrons. The van der Waals surface area contributed by atoms with E-state index in [1.54, 1.807) is 12.3 Å². The van der Waals surface area contributed by atoms with E-state index in [1.807, 2.05) is 6.92 Å². The van der Waals surface area contributed by atoms with Gasteiger partial charge in [0, 0.05) is 29.0 Å². The molecule has 3 rings (SSSR count). The SMILES string of the molecule is Cc1ccnc(C[S+]([O-])c2nc3cc(OC(F)F)ccc3[nH]2)c1CO. The van der Waals surface area contributed by atoms with Crippen LogP contribution < -0.4 is 4.74 Å². The number of H-pyrrole nitrogens is 1. The van der Waals surface area contributed by atoms with Crippen molar-refractivity contribution in [3.05, 3.63) is 47.3 Å². The summed E-state index contributed by atoms with van der Waals surface area (Å²) in [5.74, 6) is 0.0619. The molecule has 0 aliphatic heterocycles. The van der Waals surface area contributed by atoms with Crippen LogP contribution in [0.25, 0.3) is 11.0 Å². The molecule has 25 heavy (non-hydrogen) atoms. The Hall–Kier alpha value is -2.23. The zero-order valence-electron chi connectivity index (χ0n) is 13.2. The van der Waals surface area contributed by atoms with E-state index < -0.39 is 17.8 Å². The Kier molecular flexibility index (Phi) is 5.16. The Morgan fingerprint density at radius 3 is 2.88 bits per heavy atom. The predicted octanol–water partition coefficient (Wildman–Crippen LogP) is 2.67. The van der Waals surface area contributed by atoms with Crippen LogP contribution >= 0.6 is 0 Å². The molecule has 1 unspecified atom stereocenters. The van der Waals surface area contributed by atoms with Crippen LogP contribution in [0.4, 0.5) is 8.78 Å². The lowest BCUT2D eigenvalue weighted by Gasteiger charge is -2.11. The van der Waals surface area contributed by atoms with Crippen LogP contribution in [0, 0.1) is 6.92 Å². The Morgan fingerprint density at radius 1 is 1.36 bits per heavy atom. The van der Waals surface area contributed by atoms with Gasteiger partial charge in [-0.15, -0.1) is 0 Å². The van der Waals surface area contributed by atoms with Gasteiger partial charge in [0.15, 0.2) is 5.75 Å². The zero-order chi connectivity index (χ0) is 18.0. The molecular weight excluding hydrogens is 352 g/mol. The topological polar surface area (TPSA) is 94.1 Å². The summed E-state index contributed by atoms with van der Waals surface area (Å²) in [5, 5.41) is 9.67. The fourth-order valence-corrected chi connectivity index (χ4v) is 3.48. The van der Waals surface area contributed by atoms with E-state index in [-0.39, 0.29) is 23.3 Å². The Morgan fingerprint density at radius 2 is 2.16 bits per heavy atom. The molecule has 6 nitrogen and oxygen atoms in total. The average Bonchev–Trinajstić information content (AvgIpc) is 2.98. The number of hydrogen-bond donors (Lipinski definition) is 2. The van der Waals surface area contributed by atoms with Crippen molar-refractivity contribution in [2.75, 3.05) is 0 Å². The van der Waals surface area contributed by atoms with Gasteiger partial charge in [0.2, 0.25) is 0 Å². The van der Waals surface area contributed by atoms with Crippen molar-refractivity contribution < 1.29 is 23.2 Å². The number of aliphatic hydroxyl groups excluding tert-OH is 1. The van der Waals surface area contributed by atoms with Crippen molar-refractivity contribution in [2.45, 2.75) is 31.1 Å². The van der Waals surface area contributed by atoms with E-state index in [0.29, 0.717) is 22.3 Å². The molecule has 0 saturated heterocycles. The number of alkyl halides is 2. The summed E-state index contributed by atoms with van der Waals surface area (Å²) in [4.78, 5) is 11.3. The van der Waals surface area contributed by atoms with Gasteiger partial charge in [-0.25, -0.2) is 0 Å². The first kappa shape index (κ1) is 17.6. The van der Waals surface area contributed by atoms with Crippen molar-refractivity contribution in [1.82, 2.24) is 15.0 Å². The first-order valence-corrected chi connectivity index (χ1v) is 8.67. The quantitative estimate of drug-likeness (QED) is 0.653. The van der Waals surface area contributed by atoms with Crippen LogP contribution in [0.3, 0.4) is 0 Å². The standard InChI is InChI=1S/C16H15F2N3O3S/c1-9-4-5-19-14(11(9)7-22)8-25(23)16-20-12-3-2-10(24-15(17)18)6-13(12)21-16/h2-6,15,22H,7-8H2,1H3,(H,20,21). The largest absolute Gasteiger partial charge is 0.609 e. The second-order valence-corrected chi connectivity index (χ2v) is 6.67. The van der Waals surface area contributed by atoms with Crippen LogP contribution in [0.1, 0.15) is 16.8 Å². The number of aromatic amines is 1. The van der Waals surface area contributed by atoms with E-state index in [1.165, 1.54) is 18.2 Å². The summed E-state index contributed by atoms with van der Waals surface area (Å²) in [6.45, 7) is -1.28. The van der Waals surface area contributed by atoms with Crippen molar-refractivity contribution in [2.24, 2.45) is 0 Å². The van der Waals surface area contributed by atoms with E-state index >= 15 is 0 Å². The summed E-state index contributed by atoms with van der Waals surface area (Å²) in [6, 6.07) is 6.03. The molecule has 0 aliphatic carbocycles. The van der Waals surface area contributed by atoms with Crippen LogP contribution in [0.15, 0.2) is 35.6 Å². The van der Waals surface area contributed by atoms with E-state index in [9.17, 15) is 18.4 Å². The highest BCUT2D eigenvalue weighted by Gasteiger charge is 2.21. The van der Waals surface area contributed by atoms with E-state index in [0.717, 1.165) is 5.56 Å². The molecule has 0 bridgehead atoms. The number of aliphatic hydroxyl groups is 1. The molecule has 2 heterocycles. The highest BCUT2D eigenvalue weighted by Crippen LogP contribution is 2.24. The Labute approximate surface area is 145 Å². The zero-order valence-corrected chi connectivity index (χ0v) is 14.0. The van der Waals surface area contributed by atoms with Crippen molar-refractivity contribution in [1.29, 1.82) is 0 Å². The number of benzene rings is 1. The lowest BCUT2D eigenvalue weighted by molar-refractivity contribution is -0.0497. The number of aromatic nitrogens is 3. The number of nitrogens with zero attached hydrogens (tertiary/aromatic N) is 2. The lowest BCUT2D eigenvalue weighted by Crippen LogP contribution is -2.11. The van der Waals surface area contributed by atoms with Crippen molar-refractivity contribution in [3.63, 3.8) is 0 Å². The van der Waals surface area contributed by atoms with Crippen LogP contribution in [0.5, 0.6) is 5.75 Å². The first-order chi connectivity index (χ1) is 12.0. The smallest absolute Gasteiger partial charge is 0.387 e. The van der Waals surface area contributed by atoms with Gasteiger partial charge >= 0.3 is 11.8 Å². The molecule has 0 fully saturated rings. The number of halogens is 2. The second kappa shape index (κ2) is 7.34. The first-order valence-electron chi connectivity index (χ1n) is 7.35. The number of pyridine rings is 1. The predicted molar refractivity (Wildman–Crippen MR) is 87.7 cm³/mol. The Bertz CT molecular complexity index is 888. The summed E-state index contributed by atoms with van der Waals surface area (Å²) < 4.78 is 41.4. The highest BCUT2D eigenvalue weighted by molar-refractivity contribution is 7.90. The average molecular weight is 367 g/mol. The van der Waals surface area contributed by atoms with Gasteiger partial charge in [-0.05, 0) is 30.7 Å². The number of nitrogens with one attached hydrogen (secondary N) is 1. The minimum atomic E-state index is -2.92. The van der Waals surface area contributed by atoms with Gasteiger partial charge < -0.3 is 14.4 Å². The fourth-order valence-electron chi connectivity index (χ4n) is 2.42. The number of hydrogen-bond acceptors (Lipinski definition) is 5. The molecule has 0 saturated carbocycles. The monoisotopic (exact) mass is 367 g/mol. The third-order valence-electron chi connectivity index (χ3n) is 3.68. The number of aryl methyl sites for hydroxylation is 1. The van der Waals surface area contributed by atoms with Gasteiger partial charge in [0.25, 0.3) is 0 Å². The normalized spacial score (nSPS) is 12.7. The minimum absolute atomic E-state index is 0.0192. The molecular formula is C16H15F2N3O3S. The third-order valence-corrected chi connectivity index (χ3v) is 4.84. The maximum absolute atomic E-state index is 12.6. The fraction of sp³-hybridized carbons (Fsp3) is 0.250. The van der Waals surface area contributed by atoms with Crippen LogP contribution in [-0.2, 0) is 23.5 Å². The molecule has 2 N–H and O–H groups in total. The number of fused-ring (bicyclic) bond motifs is 1. The second-order valence-electron chi connectivity index (χ2n) is 5.30.